The third kappa shape index (κ3) is 9.52. The van der Waals surface area contributed by atoms with Gasteiger partial charge in [0.25, 0.3) is 0 Å². The van der Waals surface area contributed by atoms with Gasteiger partial charge in [-0.3, -0.25) is 0 Å². The monoisotopic (exact) mass is 561 g/mol. The van der Waals surface area contributed by atoms with Crippen molar-refractivity contribution in [3.8, 4) is 22.9 Å². The minimum absolute atomic E-state index is 0.343. The van der Waals surface area contributed by atoms with E-state index in [2.05, 4.69) is 38.8 Å². The van der Waals surface area contributed by atoms with Crippen molar-refractivity contribution in [2.24, 2.45) is 0 Å². The number of benzene rings is 2. The fourth-order valence-electron chi connectivity index (χ4n) is 3.88. The van der Waals surface area contributed by atoms with Crippen LogP contribution in [0.5, 0.6) is 11.6 Å². The second-order valence-electron chi connectivity index (χ2n) is 9.31. The van der Waals surface area contributed by atoms with Gasteiger partial charge in [-0.15, -0.1) is 0 Å². The van der Waals surface area contributed by atoms with Gasteiger partial charge < -0.3 is 14.8 Å². The fourth-order valence-corrected chi connectivity index (χ4v) is 4.63. The number of unbranched alkanes of at least 4 members (excludes halogenated alkanes) is 5. The van der Waals surface area contributed by atoms with Crippen LogP contribution in [0.25, 0.3) is 11.3 Å². The number of aromatic nitrogens is 3. The van der Waals surface area contributed by atoms with Gasteiger partial charge in [0.05, 0.1) is 16.9 Å². The molecule has 0 spiro atoms. The maximum absolute atomic E-state index is 15.0. The first-order chi connectivity index (χ1) is 19.6. The first-order valence-electron chi connectivity index (χ1n) is 13.9. The Morgan fingerprint density at radius 2 is 1.60 bits per heavy atom. The zero-order valence-electron chi connectivity index (χ0n) is 23.9. The maximum atomic E-state index is 15.0. The number of anilines is 2. The zero-order chi connectivity index (χ0) is 28.6. The van der Waals surface area contributed by atoms with Crippen LogP contribution >= 0.6 is 11.9 Å². The molecule has 0 bridgehead atoms. The number of nitrogens with one attached hydrogen (secondary N) is 2. The molecule has 2 heterocycles. The van der Waals surface area contributed by atoms with E-state index in [1.165, 1.54) is 50.5 Å². The second-order valence-corrected chi connectivity index (χ2v) is 10.1. The average Bonchev–Trinajstić information content (AvgIpc) is 3.00. The van der Waals surface area contributed by atoms with Crippen LogP contribution in [0, 0.1) is 12.7 Å². The summed E-state index contributed by atoms with van der Waals surface area (Å²) >= 11 is 1.43. The summed E-state index contributed by atoms with van der Waals surface area (Å²) < 4.78 is 24.1. The quantitative estimate of drug-likeness (QED) is 0.124. The van der Waals surface area contributed by atoms with Gasteiger partial charge in [0, 0.05) is 30.8 Å². The first-order valence-corrected chi connectivity index (χ1v) is 14.9. The molecule has 0 amide bonds. The summed E-state index contributed by atoms with van der Waals surface area (Å²) in [6.45, 7) is 6.20. The van der Waals surface area contributed by atoms with Gasteiger partial charge >= 0.3 is 0 Å². The molecule has 0 radical (unpaired) electrons. The molecule has 4 aromatic rings. The van der Waals surface area contributed by atoms with Crippen molar-refractivity contribution in [2.45, 2.75) is 65.0 Å². The summed E-state index contributed by atoms with van der Waals surface area (Å²) in [5.41, 5.74) is 3.31. The molecule has 4 rings (SSSR count). The Labute approximate surface area is 242 Å². The molecule has 0 fully saturated rings. The van der Waals surface area contributed by atoms with Crippen molar-refractivity contribution in [3.63, 3.8) is 0 Å². The molecule has 0 atom stereocenters. The number of pyridine rings is 1. The molecule has 2 N–H and O–H groups in total. The van der Waals surface area contributed by atoms with Gasteiger partial charge in [-0.05, 0) is 54.8 Å². The van der Waals surface area contributed by atoms with Crippen LogP contribution in [0.3, 0.4) is 0 Å². The predicted molar refractivity (Wildman–Crippen MR) is 166 cm³/mol. The number of hydrogen-bond acceptors (Lipinski definition) is 7. The molecule has 0 aliphatic rings. The lowest BCUT2D eigenvalue weighted by Gasteiger charge is -2.14. The van der Waals surface area contributed by atoms with Gasteiger partial charge in [0.1, 0.15) is 5.75 Å². The van der Waals surface area contributed by atoms with E-state index in [-0.39, 0.29) is 5.82 Å². The molecule has 40 heavy (non-hydrogen) atoms. The van der Waals surface area contributed by atoms with Crippen molar-refractivity contribution in [1.82, 2.24) is 15.0 Å². The summed E-state index contributed by atoms with van der Waals surface area (Å²) in [7, 11) is 1.75. The number of nitrogens with zero attached hydrogens (tertiary/aromatic N) is 3. The van der Waals surface area contributed by atoms with Crippen LogP contribution in [0.1, 0.15) is 63.5 Å². The fraction of sp³-hybridized carbons (Fsp3) is 0.344. The minimum Gasteiger partial charge on any atom is -0.438 e. The molecule has 0 aliphatic heterocycles. The molecule has 2 aromatic heterocycles. The van der Waals surface area contributed by atoms with Crippen molar-refractivity contribution in [2.75, 3.05) is 17.1 Å². The highest BCUT2D eigenvalue weighted by Gasteiger charge is 2.15. The Morgan fingerprint density at radius 3 is 2.30 bits per heavy atom. The summed E-state index contributed by atoms with van der Waals surface area (Å²) in [4.78, 5) is 12.9. The standard InChI is InChI=1S/C24H22FN5OS.C8H18/c1-16-21(11-10-20(22(16)25)30-32-15-17-7-4-3-5-8-17)31-23-18(9-6-13-27-23)19-12-14-28-24(26-2)29-19;1-3-5-7-8-6-4-2/h3-14,30H,15H2,1-2H3,(H,26,28,29);3-8H2,1-2H3. The Morgan fingerprint density at radius 1 is 0.850 bits per heavy atom. The highest BCUT2D eigenvalue weighted by molar-refractivity contribution is 7.99. The van der Waals surface area contributed by atoms with Crippen LogP contribution in [0.15, 0.2) is 73.1 Å². The third-order valence-corrected chi connectivity index (χ3v) is 7.03. The van der Waals surface area contributed by atoms with Gasteiger partial charge in [0.15, 0.2) is 5.82 Å². The van der Waals surface area contributed by atoms with E-state index in [0.717, 1.165) is 11.3 Å². The molecule has 6 nitrogen and oxygen atoms in total. The topological polar surface area (TPSA) is 72.0 Å². The highest BCUT2D eigenvalue weighted by Crippen LogP contribution is 2.35. The summed E-state index contributed by atoms with van der Waals surface area (Å²) in [5, 5.41) is 2.91. The average molecular weight is 562 g/mol. The Hall–Kier alpha value is -3.65. The lowest BCUT2D eigenvalue weighted by Crippen LogP contribution is -2.00. The van der Waals surface area contributed by atoms with Crippen LogP contribution in [0.2, 0.25) is 0 Å². The first kappa shape index (κ1) is 30.9. The SMILES string of the molecule is CCCCCCCC.CNc1nccc(-c2cccnc2Oc2ccc(NSCc3ccccc3)c(F)c2C)n1. The van der Waals surface area contributed by atoms with Crippen LogP contribution in [-0.2, 0) is 5.75 Å². The Bertz CT molecular complexity index is 1300. The van der Waals surface area contributed by atoms with E-state index >= 15 is 4.39 Å². The van der Waals surface area contributed by atoms with Crippen molar-refractivity contribution < 1.29 is 9.13 Å². The lowest BCUT2D eigenvalue weighted by molar-refractivity contribution is 0.455. The van der Waals surface area contributed by atoms with E-state index in [1.54, 1.807) is 50.6 Å². The summed E-state index contributed by atoms with van der Waals surface area (Å²) in [5.74, 6) is 1.59. The molecule has 0 unspecified atom stereocenters. The van der Waals surface area contributed by atoms with Crippen LogP contribution < -0.4 is 14.8 Å². The van der Waals surface area contributed by atoms with Crippen molar-refractivity contribution in [1.29, 1.82) is 0 Å². The number of rotatable bonds is 13. The van der Waals surface area contributed by atoms with Crippen molar-refractivity contribution in [3.05, 3.63) is 90.0 Å². The smallest absolute Gasteiger partial charge is 0.228 e. The molecular formula is C32H40FN5OS. The van der Waals surface area contributed by atoms with Gasteiger partial charge in [-0.1, -0.05) is 82.7 Å². The minimum atomic E-state index is -0.361. The van der Waals surface area contributed by atoms with E-state index in [0.29, 0.717) is 40.1 Å². The van der Waals surface area contributed by atoms with Gasteiger partial charge in [-0.2, -0.15) is 0 Å². The van der Waals surface area contributed by atoms with Gasteiger partial charge in [-0.25, -0.2) is 19.3 Å². The molecule has 212 valence electrons. The molecule has 0 aliphatic carbocycles. The highest BCUT2D eigenvalue weighted by atomic mass is 32.2. The third-order valence-electron chi connectivity index (χ3n) is 6.19. The normalized spacial score (nSPS) is 10.4. The molecule has 0 saturated carbocycles. The van der Waals surface area contributed by atoms with Crippen molar-refractivity contribution >= 4 is 23.6 Å². The van der Waals surface area contributed by atoms with Crippen LogP contribution in [0.4, 0.5) is 16.0 Å². The molecule has 8 heteroatoms. The predicted octanol–water partition coefficient (Wildman–Crippen LogP) is 9.45. The van der Waals surface area contributed by atoms with Gasteiger partial charge in [0.2, 0.25) is 11.8 Å². The molecule has 2 aromatic carbocycles. The second kappa shape index (κ2) is 17.1. The summed E-state index contributed by atoms with van der Waals surface area (Å²) in [6, 6.07) is 18.8. The number of ether oxygens (including phenoxy) is 1. The summed E-state index contributed by atoms with van der Waals surface area (Å²) in [6.07, 6.45) is 11.8. The Kier molecular flexibility index (Phi) is 13.2. The van der Waals surface area contributed by atoms with Crippen LogP contribution in [-0.4, -0.2) is 22.0 Å². The lowest BCUT2D eigenvalue weighted by atomic mass is 10.1. The van der Waals surface area contributed by atoms with E-state index in [1.807, 2.05) is 36.4 Å². The Balaban J connectivity index is 0.000000482. The number of halogens is 1. The van der Waals surface area contributed by atoms with E-state index in [9.17, 15) is 0 Å². The van der Waals surface area contributed by atoms with E-state index in [4.69, 9.17) is 4.74 Å². The molecule has 0 saturated heterocycles. The maximum Gasteiger partial charge on any atom is 0.228 e. The zero-order valence-corrected chi connectivity index (χ0v) is 24.7. The largest absolute Gasteiger partial charge is 0.438 e. The number of hydrogen-bond donors (Lipinski definition) is 2. The van der Waals surface area contributed by atoms with E-state index < -0.39 is 0 Å². The molecular weight excluding hydrogens is 521 g/mol.